The molecule has 0 aliphatic heterocycles. The second-order valence-corrected chi connectivity index (χ2v) is 9.27. The Kier molecular flexibility index (Phi) is 6.41. The molecule has 0 aliphatic carbocycles. The molecule has 2 aromatic carbocycles. The Morgan fingerprint density at radius 2 is 1.94 bits per heavy atom. The number of aryl methyl sites for hydroxylation is 2. The molecule has 3 aromatic heterocycles. The van der Waals surface area contributed by atoms with Gasteiger partial charge in [-0.3, -0.25) is 9.20 Å². The van der Waals surface area contributed by atoms with E-state index < -0.39 is 0 Å². The van der Waals surface area contributed by atoms with Gasteiger partial charge in [-0.25, -0.2) is 4.98 Å². The third-order valence-electron chi connectivity index (χ3n) is 6.01. The van der Waals surface area contributed by atoms with Crippen LogP contribution in [0.15, 0.2) is 66.0 Å². The Bertz CT molecular complexity index is 1490. The number of H-pyrrole nitrogens is 1. The van der Waals surface area contributed by atoms with E-state index in [0.29, 0.717) is 11.7 Å². The summed E-state index contributed by atoms with van der Waals surface area (Å²) in [6, 6.07) is 18.1. The van der Waals surface area contributed by atoms with Crippen LogP contribution in [0.3, 0.4) is 0 Å². The molecule has 0 spiro atoms. The van der Waals surface area contributed by atoms with Crippen molar-refractivity contribution in [2.45, 2.75) is 24.9 Å². The van der Waals surface area contributed by atoms with E-state index in [-0.39, 0.29) is 17.6 Å². The van der Waals surface area contributed by atoms with Crippen molar-refractivity contribution in [1.82, 2.24) is 29.9 Å². The van der Waals surface area contributed by atoms with Crippen molar-refractivity contribution in [2.75, 3.05) is 19.4 Å². The monoisotopic (exact) mass is 486 g/mol. The average Bonchev–Trinajstić information content (AvgIpc) is 3.48. The summed E-state index contributed by atoms with van der Waals surface area (Å²) in [7, 11) is 1.65. The number of amides is 1. The fraction of sp³-hybridized carbons (Fsp3) is 0.231. The molecule has 5 rings (SSSR count). The fourth-order valence-electron chi connectivity index (χ4n) is 4.32. The summed E-state index contributed by atoms with van der Waals surface area (Å²) < 4.78 is 7.20. The van der Waals surface area contributed by atoms with Crippen LogP contribution in [0, 0.1) is 13.8 Å². The molecule has 8 nitrogen and oxygen atoms in total. The number of benzene rings is 2. The van der Waals surface area contributed by atoms with Crippen LogP contribution in [0.5, 0.6) is 5.75 Å². The highest BCUT2D eigenvalue weighted by molar-refractivity contribution is 7.99. The molecule has 2 N–H and O–H groups in total. The maximum Gasteiger partial charge on any atom is 0.230 e. The normalized spacial score (nSPS) is 12.2. The van der Waals surface area contributed by atoms with Gasteiger partial charge in [-0.1, -0.05) is 42.1 Å². The molecular weight excluding hydrogens is 460 g/mol. The summed E-state index contributed by atoms with van der Waals surface area (Å²) in [4.78, 5) is 20.7. The van der Waals surface area contributed by atoms with Crippen molar-refractivity contribution < 1.29 is 9.53 Å². The molecule has 1 unspecified atom stereocenters. The number of carbonyl (C=O) groups excluding carboxylic acids is 1. The lowest BCUT2D eigenvalue weighted by Crippen LogP contribution is -2.30. The summed E-state index contributed by atoms with van der Waals surface area (Å²) >= 11 is 1.35. The number of carbonyl (C=O) groups is 1. The SMILES string of the molecule is COc1ccc(C(CNC(=O)CSc2nnc3cc(C)nc(C)n23)c2c[nH]c3ccccc23)cc1. The van der Waals surface area contributed by atoms with E-state index in [0.717, 1.165) is 44.9 Å². The van der Waals surface area contributed by atoms with E-state index >= 15 is 0 Å². The van der Waals surface area contributed by atoms with E-state index in [1.54, 1.807) is 7.11 Å². The van der Waals surface area contributed by atoms with Crippen molar-refractivity contribution in [3.63, 3.8) is 0 Å². The first-order chi connectivity index (χ1) is 17.0. The number of thioether (sulfide) groups is 1. The number of aromatic nitrogens is 5. The molecule has 0 fully saturated rings. The van der Waals surface area contributed by atoms with E-state index in [1.165, 1.54) is 11.8 Å². The molecule has 1 amide bonds. The molecule has 9 heteroatoms. The maximum atomic E-state index is 12.8. The van der Waals surface area contributed by atoms with Gasteiger partial charge in [-0.05, 0) is 43.2 Å². The molecular formula is C26H26N6O2S. The van der Waals surface area contributed by atoms with Gasteiger partial charge in [0.15, 0.2) is 10.8 Å². The Balaban J connectivity index is 1.33. The number of rotatable bonds is 8. The van der Waals surface area contributed by atoms with E-state index in [2.05, 4.69) is 37.6 Å². The minimum Gasteiger partial charge on any atom is -0.497 e. The zero-order chi connectivity index (χ0) is 24.4. The molecule has 0 saturated carbocycles. The summed E-state index contributed by atoms with van der Waals surface area (Å²) in [6.45, 7) is 4.30. The summed E-state index contributed by atoms with van der Waals surface area (Å²) in [5.41, 5.74) is 4.93. The number of aromatic amines is 1. The molecule has 0 aliphatic rings. The summed E-state index contributed by atoms with van der Waals surface area (Å²) in [6.07, 6.45) is 2.03. The third kappa shape index (κ3) is 4.72. The highest BCUT2D eigenvalue weighted by Crippen LogP contribution is 2.31. The van der Waals surface area contributed by atoms with Gasteiger partial charge in [0.1, 0.15) is 11.6 Å². The first kappa shape index (κ1) is 22.9. The lowest BCUT2D eigenvalue weighted by atomic mass is 9.91. The second kappa shape index (κ2) is 9.79. The van der Waals surface area contributed by atoms with Crippen molar-refractivity contribution >= 4 is 34.2 Å². The largest absolute Gasteiger partial charge is 0.497 e. The predicted octanol–water partition coefficient (Wildman–Crippen LogP) is 4.27. The van der Waals surface area contributed by atoms with Crippen LogP contribution in [-0.2, 0) is 4.79 Å². The predicted molar refractivity (Wildman–Crippen MR) is 137 cm³/mol. The number of nitrogens with zero attached hydrogens (tertiary/aromatic N) is 4. The van der Waals surface area contributed by atoms with Crippen LogP contribution < -0.4 is 10.1 Å². The standard InChI is InChI=1S/C26H26N6O2S/c1-16-12-24-30-31-26(32(24)17(2)29-16)35-15-25(33)28-13-21(18-8-10-19(34-3)11-9-18)22-14-27-23-7-5-4-6-20(22)23/h4-12,14,21,27H,13,15H2,1-3H3,(H,28,33). The molecule has 178 valence electrons. The van der Waals surface area contributed by atoms with Crippen molar-refractivity contribution in [2.24, 2.45) is 0 Å². The van der Waals surface area contributed by atoms with Crippen LogP contribution in [0.4, 0.5) is 0 Å². The fourth-order valence-corrected chi connectivity index (χ4v) is 5.14. The number of hydrogen-bond acceptors (Lipinski definition) is 6. The van der Waals surface area contributed by atoms with Crippen LogP contribution in [0.1, 0.15) is 28.6 Å². The minimum absolute atomic E-state index is 0.0191. The highest BCUT2D eigenvalue weighted by atomic mass is 32.2. The van der Waals surface area contributed by atoms with E-state index in [1.807, 2.05) is 66.9 Å². The van der Waals surface area contributed by atoms with Crippen LogP contribution >= 0.6 is 11.8 Å². The Morgan fingerprint density at radius 3 is 2.74 bits per heavy atom. The Morgan fingerprint density at radius 1 is 1.14 bits per heavy atom. The van der Waals surface area contributed by atoms with Gasteiger partial charge >= 0.3 is 0 Å². The Hall–Kier alpha value is -3.85. The van der Waals surface area contributed by atoms with E-state index in [9.17, 15) is 4.79 Å². The topological polar surface area (TPSA) is 97.2 Å². The van der Waals surface area contributed by atoms with E-state index in [4.69, 9.17) is 4.74 Å². The maximum absolute atomic E-state index is 12.8. The van der Waals surface area contributed by atoms with Crippen molar-refractivity contribution in [3.05, 3.63) is 83.4 Å². The number of nitrogens with one attached hydrogen (secondary N) is 2. The highest BCUT2D eigenvalue weighted by Gasteiger charge is 2.20. The van der Waals surface area contributed by atoms with Gasteiger partial charge in [-0.2, -0.15) is 0 Å². The number of hydrogen-bond donors (Lipinski definition) is 2. The molecule has 0 radical (unpaired) electrons. The average molecular weight is 487 g/mol. The zero-order valence-electron chi connectivity index (χ0n) is 19.8. The first-order valence-electron chi connectivity index (χ1n) is 11.3. The van der Waals surface area contributed by atoms with Crippen LogP contribution in [0.2, 0.25) is 0 Å². The third-order valence-corrected chi connectivity index (χ3v) is 6.94. The number of fused-ring (bicyclic) bond motifs is 2. The van der Waals surface area contributed by atoms with Crippen LogP contribution in [0.25, 0.3) is 16.6 Å². The molecule has 35 heavy (non-hydrogen) atoms. The molecule has 0 bridgehead atoms. The zero-order valence-corrected chi connectivity index (χ0v) is 20.6. The van der Waals surface area contributed by atoms with Gasteiger partial charge in [0.2, 0.25) is 5.91 Å². The first-order valence-corrected chi connectivity index (χ1v) is 12.3. The smallest absolute Gasteiger partial charge is 0.230 e. The van der Waals surface area contributed by atoms with Gasteiger partial charge in [0.05, 0.1) is 12.9 Å². The van der Waals surface area contributed by atoms with Crippen LogP contribution in [-0.4, -0.2) is 49.9 Å². The van der Waals surface area contributed by atoms with Crippen molar-refractivity contribution in [3.8, 4) is 5.75 Å². The lowest BCUT2D eigenvalue weighted by molar-refractivity contribution is -0.118. The van der Waals surface area contributed by atoms with Gasteiger partial charge in [-0.15, -0.1) is 10.2 Å². The summed E-state index contributed by atoms with van der Waals surface area (Å²) in [5, 5.41) is 13.4. The quantitative estimate of drug-likeness (QED) is 0.318. The lowest BCUT2D eigenvalue weighted by Gasteiger charge is -2.18. The Labute approximate surface area is 207 Å². The second-order valence-electron chi connectivity index (χ2n) is 8.33. The van der Waals surface area contributed by atoms with Crippen molar-refractivity contribution in [1.29, 1.82) is 0 Å². The molecule has 0 saturated heterocycles. The summed E-state index contributed by atoms with van der Waals surface area (Å²) in [5.74, 6) is 1.74. The number of ether oxygens (including phenoxy) is 1. The van der Waals surface area contributed by atoms with Gasteiger partial charge in [0, 0.05) is 41.3 Å². The number of para-hydroxylation sites is 1. The van der Waals surface area contributed by atoms with Gasteiger partial charge < -0.3 is 15.0 Å². The molecule has 5 aromatic rings. The minimum atomic E-state index is -0.0668. The molecule has 3 heterocycles. The van der Waals surface area contributed by atoms with Gasteiger partial charge in [0.25, 0.3) is 0 Å². The number of methoxy groups -OCH3 is 1. The molecule has 1 atom stereocenters.